The molecule has 7 heteroatoms. The quantitative estimate of drug-likeness (QED) is 0.742. The molecule has 166 valence electrons. The van der Waals surface area contributed by atoms with E-state index in [9.17, 15) is 0 Å². The number of fused-ring (bicyclic) bond motifs is 1. The Labute approximate surface area is 183 Å². The largest absolute Gasteiger partial charge is 0.381 e. The van der Waals surface area contributed by atoms with Crippen molar-refractivity contribution in [1.29, 1.82) is 0 Å². The van der Waals surface area contributed by atoms with Crippen molar-refractivity contribution >= 4 is 22.4 Å². The summed E-state index contributed by atoms with van der Waals surface area (Å²) in [5.74, 6) is 0. The molecule has 2 aromatic heterocycles. The van der Waals surface area contributed by atoms with E-state index in [-0.39, 0.29) is 5.60 Å². The Morgan fingerprint density at radius 3 is 2.61 bits per heavy atom. The molecule has 3 fully saturated rings. The third-order valence-corrected chi connectivity index (χ3v) is 7.63. The molecule has 0 atom stereocenters. The molecule has 7 nitrogen and oxygen atoms in total. The zero-order chi connectivity index (χ0) is 20.7. The minimum absolute atomic E-state index is 0.160. The van der Waals surface area contributed by atoms with Gasteiger partial charge in [0.25, 0.3) is 0 Å². The highest BCUT2D eigenvalue weighted by Crippen LogP contribution is 2.41. The summed E-state index contributed by atoms with van der Waals surface area (Å²) < 4.78 is 7.75. The van der Waals surface area contributed by atoms with Gasteiger partial charge in [0.15, 0.2) is 5.65 Å². The summed E-state index contributed by atoms with van der Waals surface area (Å²) in [5, 5.41) is 9.77. The van der Waals surface area contributed by atoms with E-state index in [0.717, 1.165) is 66.9 Å². The number of hydrogen-bond donors (Lipinski definition) is 2. The van der Waals surface area contributed by atoms with E-state index >= 15 is 0 Å². The summed E-state index contributed by atoms with van der Waals surface area (Å²) in [6.45, 7) is 1.63. The first-order valence-electron chi connectivity index (χ1n) is 12.2. The average molecular weight is 424 g/mol. The van der Waals surface area contributed by atoms with E-state index in [4.69, 9.17) is 19.7 Å². The Morgan fingerprint density at radius 1 is 1.00 bits per heavy atom. The Kier molecular flexibility index (Phi) is 5.11. The fraction of sp³-hybridized carbons (Fsp3) is 0.667. The summed E-state index contributed by atoms with van der Waals surface area (Å²) in [4.78, 5) is 11.1. The molecular weight excluding hydrogens is 390 g/mol. The lowest BCUT2D eigenvalue weighted by Crippen LogP contribution is -2.31. The lowest BCUT2D eigenvalue weighted by Gasteiger charge is -2.29. The van der Waals surface area contributed by atoms with Gasteiger partial charge >= 0.3 is 0 Å². The topological polar surface area (TPSA) is 73.2 Å². The first-order valence-corrected chi connectivity index (χ1v) is 12.2. The number of nitrogens with one attached hydrogen (secondary N) is 2. The Bertz CT molecular complexity index is 966. The fourth-order valence-corrected chi connectivity index (χ4v) is 5.83. The van der Waals surface area contributed by atoms with Crippen molar-refractivity contribution in [2.75, 3.05) is 18.5 Å². The van der Waals surface area contributed by atoms with Gasteiger partial charge in [-0.15, -0.1) is 0 Å². The summed E-state index contributed by atoms with van der Waals surface area (Å²) in [5.41, 5.74) is 7.37. The molecule has 0 radical (unpaired) electrons. The Hall–Kier alpha value is -2.12. The van der Waals surface area contributed by atoms with Crippen LogP contribution in [0.5, 0.6) is 0 Å². The molecule has 2 saturated carbocycles. The molecule has 31 heavy (non-hydrogen) atoms. The van der Waals surface area contributed by atoms with Crippen molar-refractivity contribution in [2.45, 2.75) is 88.3 Å². The standard InChI is InChI=1S/C24H33N5O2/c1-4-10-24(11-5-1)14-21(28-31-24)19-15-25-23-20(16-26-29(23)18-6-2-3-7-18)22(19)27-17-8-12-30-13-9-17/h14-18,28H,1-13H2,(H,25,27). The number of nitrogens with zero attached hydrogens (tertiary/aromatic N) is 3. The van der Waals surface area contributed by atoms with Crippen LogP contribution >= 0.6 is 0 Å². The van der Waals surface area contributed by atoms with Crippen LogP contribution in [0.25, 0.3) is 16.7 Å². The normalized spacial score (nSPS) is 24.6. The Morgan fingerprint density at radius 2 is 1.81 bits per heavy atom. The molecule has 2 aliphatic heterocycles. The van der Waals surface area contributed by atoms with E-state index in [1.54, 1.807) is 0 Å². The summed E-state index contributed by atoms with van der Waals surface area (Å²) >= 11 is 0. The van der Waals surface area contributed by atoms with Crippen molar-refractivity contribution in [3.63, 3.8) is 0 Å². The lowest BCUT2D eigenvalue weighted by atomic mass is 9.84. The van der Waals surface area contributed by atoms with Gasteiger partial charge in [-0.2, -0.15) is 5.10 Å². The van der Waals surface area contributed by atoms with Crippen LogP contribution in [0.2, 0.25) is 0 Å². The lowest BCUT2D eigenvalue weighted by molar-refractivity contribution is -0.0557. The third kappa shape index (κ3) is 3.61. The second-order valence-electron chi connectivity index (χ2n) is 9.73. The molecule has 0 bridgehead atoms. The van der Waals surface area contributed by atoms with Gasteiger partial charge in [0.05, 0.1) is 29.0 Å². The first-order chi connectivity index (χ1) is 15.3. The minimum Gasteiger partial charge on any atom is -0.381 e. The number of hydroxylamine groups is 1. The van der Waals surface area contributed by atoms with E-state index in [1.807, 2.05) is 12.4 Å². The molecule has 0 aromatic carbocycles. The van der Waals surface area contributed by atoms with Crippen molar-refractivity contribution in [1.82, 2.24) is 20.2 Å². The monoisotopic (exact) mass is 423 g/mol. The molecule has 1 spiro atoms. The maximum atomic E-state index is 6.15. The number of ether oxygens (including phenoxy) is 1. The van der Waals surface area contributed by atoms with Crippen LogP contribution in [0, 0.1) is 0 Å². The van der Waals surface area contributed by atoms with Gasteiger partial charge < -0.3 is 10.1 Å². The number of anilines is 1. The van der Waals surface area contributed by atoms with Crippen LogP contribution in [0.1, 0.15) is 82.2 Å². The van der Waals surface area contributed by atoms with Crippen molar-refractivity contribution in [3.8, 4) is 0 Å². The summed E-state index contributed by atoms with van der Waals surface area (Å²) in [6, 6.07) is 0.879. The van der Waals surface area contributed by atoms with E-state index in [1.165, 1.54) is 44.9 Å². The maximum absolute atomic E-state index is 6.15. The smallest absolute Gasteiger partial charge is 0.160 e. The molecule has 0 unspecified atom stereocenters. The van der Waals surface area contributed by atoms with Crippen LogP contribution in [0.15, 0.2) is 18.5 Å². The summed E-state index contributed by atoms with van der Waals surface area (Å²) in [7, 11) is 0. The third-order valence-electron chi connectivity index (χ3n) is 7.63. The molecule has 1 saturated heterocycles. The van der Waals surface area contributed by atoms with Crippen LogP contribution < -0.4 is 10.8 Å². The number of rotatable bonds is 4. The van der Waals surface area contributed by atoms with Crippen LogP contribution in [0.4, 0.5) is 5.69 Å². The molecule has 4 aliphatic rings. The fourth-order valence-electron chi connectivity index (χ4n) is 5.83. The number of hydrogen-bond acceptors (Lipinski definition) is 6. The second kappa shape index (κ2) is 8.10. The molecule has 2 N–H and O–H groups in total. The van der Waals surface area contributed by atoms with Gasteiger partial charge in [0.1, 0.15) is 5.60 Å². The van der Waals surface area contributed by atoms with Crippen molar-refractivity contribution in [2.24, 2.45) is 0 Å². The molecule has 0 amide bonds. The molecule has 2 aliphatic carbocycles. The van der Waals surface area contributed by atoms with Crippen molar-refractivity contribution < 1.29 is 9.57 Å². The van der Waals surface area contributed by atoms with Crippen molar-refractivity contribution in [3.05, 3.63) is 24.0 Å². The molecule has 2 aromatic rings. The van der Waals surface area contributed by atoms with E-state index < -0.39 is 0 Å². The highest BCUT2D eigenvalue weighted by molar-refractivity contribution is 5.96. The second-order valence-corrected chi connectivity index (χ2v) is 9.73. The predicted molar refractivity (Wildman–Crippen MR) is 121 cm³/mol. The predicted octanol–water partition coefficient (Wildman–Crippen LogP) is 4.72. The van der Waals surface area contributed by atoms with Gasteiger partial charge in [0.2, 0.25) is 0 Å². The first kappa shape index (κ1) is 19.6. The highest BCUT2D eigenvalue weighted by atomic mass is 16.7. The molecule has 4 heterocycles. The average Bonchev–Trinajstić information content (AvgIpc) is 3.55. The highest BCUT2D eigenvalue weighted by Gasteiger charge is 2.37. The van der Waals surface area contributed by atoms with Crippen LogP contribution in [0.3, 0.4) is 0 Å². The van der Waals surface area contributed by atoms with E-state index in [2.05, 4.69) is 21.6 Å². The van der Waals surface area contributed by atoms with Crippen LogP contribution in [-0.4, -0.2) is 39.6 Å². The molecular formula is C24H33N5O2. The van der Waals surface area contributed by atoms with Gasteiger partial charge in [-0.3, -0.25) is 10.3 Å². The number of pyridine rings is 1. The molecule has 6 rings (SSSR count). The van der Waals surface area contributed by atoms with Crippen LogP contribution in [-0.2, 0) is 9.57 Å². The Balaban J connectivity index is 1.41. The van der Waals surface area contributed by atoms with Gasteiger partial charge in [0, 0.05) is 31.0 Å². The maximum Gasteiger partial charge on any atom is 0.160 e. The van der Waals surface area contributed by atoms with Gasteiger partial charge in [-0.05, 0) is 44.6 Å². The van der Waals surface area contributed by atoms with Gasteiger partial charge in [-0.1, -0.05) is 32.1 Å². The SMILES string of the molecule is C1=C(c2cnc3c(cnn3C3CCCC3)c2NC2CCOCC2)NOC12CCCCC2. The minimum atomic E-state index is -0.160. The zero-order valence-corrected chi connectivity index (χ0v) is 18.2. The summed E-state index contributed by atoms with van der Waals surface area (Å²) in [6.07, 6.45) is 19.3. The van der Waals surface area contributed by atoms with E-state index in [0.29, 0.717) is 12.1 Å². The zero-order valence-electron chi connectivity index (χ0n) is 18.2. The number of aromatic nitrogens is 3. The van der Waals surface area contributed by atoms with Gasteiger partial charge in [-0.25, -0.2) is 9.67 Å².